The number of likely N-dealkylation sites (N-methyl/N-ethyl adjacent to an activating group) is 1. The first-order valence-electron chi connectivity index (χ1n) is 7.97. The van der Waals surface area contributed by atoms with Crippen LogP contribution in [0, 0.1) is 5.82 Å². The van der Waals surface area contributed by atoms with E-state index in [1.54, 1.807) is 25.3 Å². The smallest absolute Gasteiger partial charge is 0.238 e. The highest BCUT2D eigenvalue weighted by Crippen LogP contribution is 2.23. The Labute approximate surface area is 142 Å². The number of carbonyl (C=O) groups is 1. The Morgan fingerprint density at radius 1 is 1.25 bits per heavy atom. The molecule has 0 saturated carbocycles. The molecule has 24 heavy (non-hydrogen) atoms. The van der Waals surface area contributed by atoms with Crippen LogP contribution >= 0.6 is 0 Å². The molecule has 0 aromatic heterocycles. The van der Waals surface area contributed by atoms with Crippen LogP contribution in [0.3, 0.4) is 0 Å². The van der Waals surface area contributed by atoms with Crippen molar-refractivity contribution in [2.24, 2.45) is 0 Å². The number of benzene rings is 2. The third-order valence-electron chi connectivity index (χ3n) is 4.02. The lowest BCUT2D eigenvalue weighted by Crippen LogP contribution is -2.35. The SMILES string of the molecule is CCN(CC(=O)Nc1ccccc1F)C(C)c1cccc(OC)c1. The summed E-state index contributed by atoms with van der Waals surface area (Å²) < 4.78 is 18.9. The van der Waals surface area contributed by atoms with Crippen LogP contribution in [0.5, 0.6) is 5.75 Å². The largest absolute Gasteiger partial charge is 0.497 e. The first kappa shape index (κ1) is 17.9. The van der Waals surface area contributed by atoms with E-state index in [9.17, 15) is 9.18 Å². The number of ether oxygens (including phenoxy) is 1. The Kier molecular flexibility index (Phi) is 6.32. The summed E-state index contributed by atoms with van der Waals surface area (Å²) in [6.45, 7) is 4.91. The summed E-state index contributed by atoms with van der Waals surface area (Å²) in [4.78, 5) is 14.3. The van der Waals surface area contributed by atoms with Crippen molar-refractivity contribution in [3.05, 3.63) is 59.9 Å². The summed E-state index contributed by atoms with van der Waals surface area (Å²) in [6.07, 6.45) is 0. The van der Waals surface area contributed by atoms with Crippen molar-refractivity contribution in [1.29, 1.82) is 0 Å². The molecule has 0 aliphatic rings. The quantitative estimate of drug-likeness (QED) is 0.838. The van der Waals surface area contributed by atoms with Gasteiger partial charge in [0.1, 0.15) is 11.6 Å². The van der Waals surface area contributed by atoms with Crippen LogP contribution in [-0.4, -0.2) is 31.0 Å². The van der Waals surface area contributed by atoms with Crippen LogP contribution in [-0.2, 0) is 4.79 Å². The number of amides is 1. The number of hydrogen-bond acceptors (Lipinski definition) is 3. The minimum Gasteiger partial charge on any atom is -0.497 e. The van der Waals surface area contributed by atoms with E-state index in [1.165, 1.54) is 6.07 Å². The van der Waals surface area contributed by atoms with E-state index in [1.807, 2.05) is 43.0 Å². The number of anilines is 1. The van der Waals surface area contributed by atoms with Gasteiger partial charge in [0.2, 0.25) is 5.91 Å². The van der Waals surface area contributed by atoms with Crippen LogP contribution in [0.2, 0.25) is 0 Å². The summed E-state index contributed by atoms with van der Waals surface area (Å²) >= 11 is 0. The highest BCUT2D eigenvalue weighted by atomic mass is 19.1. The third kappa shape index (κ3) is 4.55. The molecule has 0 bridgehead atoms. The van der Waals surface area contributed by atoms with Crippen molar-refractivity contribution in [2.75, 3.05) is 25.5 Å². The zero-order valence-corrected chi connectivity index (χ0v) is 14.3. The molecule has 128 valence electrons. The van der Waals surface area contributed by atoms with Gasteiger partial charge in [-0.1, -0.05) is 31.2 Å². The average molecular weight is 330 g/mol. The molecule has 4 nitrogen and oxygen atoms in total. The Morgan fingerprint density at radius 3 is 2.67 bits per heavy atom. The van der Waals surface area contributed by atoms with Crippen molar-refractivity contribution in [3.63, 3.8) is 0 Å². The molecule has 2 aromatic rings. The summed E-state index contributed by atoms with van der Waals surface area (Å²) in [6, 6.07) is 14.0. The lowest BCUT2D eigenvalue weighted by Gasteiger charge is -2.27. The number of hydrogen-bond donors (Lipinski definition) is 1. The van der Waals surface area contributed by atoms with Crippen molar-refractivity contribution in [1.82, 2.24) is 4.90 Å². The molecule has 0 radical (unpaired) electrons. The van der Waals surface area contributed by atoms with Crippen LogP contribution < -0.4 is 10.1 Å². The summed E-state index contributed by atoms with van der Waals surface area (Å²) in [5, 5.41) is 2.62. The molecule has 0 spiro atoms. The van der Waals surface area contributed by atoms with Gasteiger partial charge >= 0.3 is 0 Å². The van der Waals surface area contributed by atoms with Crippen LogP contribution in [0.25, 0.3) is 0 Å². The summed E-state index contributed by atoms with van der Waals surface area (Å²) in [7, 11) is 1.63. The van der Waals surface area contributed by atoms with Crippen molar-refractivity contribution >= 4 is 11.6 Å². The van der Waals surface area contributed by atoms with E-state index in [0.717, 1.165) is 11.3 Å². The third-order valence-corrected chi connectivity index (χ3v) is 4.02. The lowest BCUT2D eigenvalue weighted by molar-refractivity contribution is -0.117. The van der Waals surface area contributed by atoms with Gasteiger partial charge in [-0.15, -0.1) is 0 Å². The Hall–Kier alpha value is -2.40. The van der Waals surface area contributed by atoms with Crippen molar-refractivity contribution in [2.45, 2.75) is 19.9 Å². The van der Waals surface area contributed by atoms with Crippen LogP contribution in [0.4, 0.5) is 10.1 Å². The van der Waals surface area contributed by atoms with E-state index in [0.29, 0.717) is 6.54 Å². The molecule has 0 heterocycles. The Bertz CT molecular complexity index is 691. The number of rotatable bonds is 7. The molecule has 0 aliphatic heterocycles. The fraction of sp³-hybridized carbons (Fsp3) is 0.316. The van der Waals surface area contributed by atoms with Gasteiger partial charge in [-0.3, -0.25) is 9.69 Å². The van der Waals surface area contributed by atoms with Gasteiger partial charge in [0.15, 0.2) is 0 Å². The lowest BCUT2D eigenvalue weighted by atomic mass is 10.1. The van der Waals surface area contributed by atoms with Gasteiger partial charge < -0.3 is 10.1 Å². The summed E-state index contributed by atoms with van der Waals surface area (Å²) in [5.74, 6) is 0.109. The minimum absolute atomic E-state index is 0.0384. The molecule has 1 atom stereocenters. The molecule has 0 fully saturated rings. The molecule has 5 heteroatoms. The number of carbonyl (C=O) groups excluding carboxylic acids is 1. The highest BCUT2D eigenvalue weighted by Gasteiger charge is 2.18. The molecule has 1 amide bonds. The number of methoxy groups -OCH3 is 1. The first-order valence-corrected chi connectivity index (χ1v) is 7.97. The highest BCUT2D eigenvalue weighted by molar-refractivity contribution is 5.92. The standard InChI is InChI=1S/C19H23FN2O2/c1-4-22(14(2)15-8-7-9-16(12-15)24-3)13-19(23)21-18-11-6-5-10-17(18)20/h5-12,14H,4,13H2,1-3H3,(H,21,23). The fourth-order valence-electron chi connectivity index (χ4n) is 2.57. The van der Waals surface area contributed by atoms with E-state index in [2.05, 4.69) is 5.32 Å². The van der Waals surface area contributed by atoms with Gasteiger partial charge in [0.25, 0.3) is 0 Å². The summed E-state index contributed by atoms with van der Waals surface area (Å²) in [5.41, 5.74) is 1.27. The van der Waals surface area contributed by atoms with E-state index < -0.39 is 5.82 Å². The molecule has 2 rings (SSSR count). The second-order valence-electron chi connectivity index (χ2n) is 5.54. The first-order chi connectivity index (χ1) is 11.5. The van der Waals surface area contributed by atoms with Gasteiger partial charge in [-0.2, -0.15) is 0 Å². The number of halogens is 1. The van der Waals surface area contributed by atoms with E-state index in [4.69, 9.17) is 4.74 Å². The predicted octanol–water partition coefficient (Wildman–Crippen LogP) is 3.86. The van der Waals surface area contributed by atoms with Crippen LogP contribution in [0.1, 0.15) is 25.5 Å². The fourth-order valence-corrected chi connectivity index (χ4v) is 2.57. The van der Waals surface area contributed by atoms with Crippen molar-refractivity contribution in [3.8, 4) is 5.75 Å². The van der Waals surface area contributed by atoms with Crippen LogP contribution in [0.15, 0.2) is 48.5 Å². The minimum atomic E-state index is -0.435. The second kappa shape index (κ2) is 8.45. The average Bonchev–Trinajstić information content (AvgIpc) is 2.61. The van der Waals surface area contributed by atoms with Gasteiger partial charge in [0.05, 0.1) is 19.3 Å². The maximum Gasteiger partial charge on any atom is 0.238 e. The molecule has 0 saturated heterocycles. The second-order valence-corrected chi connectivity index (χ2v) is 5.54. The molecular weight excluding hydrogens is 307 g/mol. The molecule has 2 aromatic carbocycles. The van der Waals surface area contributed by atoms with Crippen molar-refractivity contribution < 1.29 is 13.9 Å². The van der Waals surface area contributed by atoms with E-state index in [-0.39, 0.29) is 24.2 Å². The topological polar surface area (TPSA) is 41.6 Å². The number of para-hydroxylation sites is 1. The zero-order valence-electron chi connectivity index (χ0n) is 14.3. The Morgan fingerprint density at radius 2 is 2.00 bits per heavy atom. The molecule has 0 aliphatic carbocycles. The van der Waals surface area contributed by atoms with Gasteiger partial charge in [0, 0.05) is 6.04 Å². The van der Waals surface area contributed by atoms with Gasteiger partial charge in [-0.25, -0.2) is 4.39 Å². The maximum atomic E-state index is 13.6. The number of nitrogens with one attached hydrogen (secondary N) is 1. The molecule has 1 unspecified atom stereocenters. The molecular formula is C19H23FN2O2. The van der Waals surface area contributed by atoms with E-state index >= 15 is 0 Å². The number of nitrogens with zero attached hydrogens (tertiary/aromatic N) is 1. The van der Waals surface area contributed by atoms with Gasteiger partial charge in [-0.05, 0) is 43.3 Å². The maximum absolute atomic E-state index is 13.6. The normalized spacial score (nSPS) is 12.0. The zero-order chi connectivity index (χ0) is 17.5. The predicted molar refractivity (Wildman–Crippen MR) is 93.7 cm³/mol. The Balaban J connectivity index is 2.05. The monoisotopic (exact) mass is 330 g/mol. The molecule has 1 N–H and O–H groups in total.